The van der Waals surface area contributed by atoms with Crippen molar-refractivity contribution < 1.29 is 13.2 Å². The van der Waals surface area contributed by atoms with Crippen molar-refractivity contribution in [1.82, 2.24) is 10.0 Å². The first-order chi connectivity index (χ1) is 15.9. The van der Waals surface area contributed by atoms with Crippen molar-refractivity contribution >= 4 is 15.9 Å². The maximum absolute atomic E-state index is 12.7. The maximum Gasteiger partial charge on any atom is 0.241 e. The van der Waals surface area contributed by atoms with Gasteiger partial charge in [-0.2, -0.15) is 0 Å². The molecule has 1 aliphatic carbocycles. The molecule has 1 aliphatic rings. The van der Waals surface area contributed by atoms with Gasteiger partial charge >= 0.3 is 0 Å². The van der Waals surface area contributed by atoms with E-state index >= 15 is 0 Å². The van der Waals surface area contributed by atoms with E-state index in [-0.39, 0.29) is 22.9 Å². The molecule has 0 bridgehead atoms. The lowest BCUT2D eigenvalue weighted by molar-refractivity contribution is -0.121. The minimum atomic E-state index is -3.63. The largest absolute Gasteiger partial charge is 0.349 e. The van der Waals surface area contributed by atoms with Gasteiger partial charge in [0.2, 0.25) is 15.9 Å². The highest BCUT2D eigenvalue weighted by Gasteiger charge is 2.21. The van der Waals surface area contributed by atoms with Gasteiger partial charge in [-0.05, 0) is 67.0 Å². The van der Waals surface area contributed by atoms with E-state index in [2.05, 4.69) is 22.2 Å². The molecule has 2 N–H and O–H groups in total. The van der Waals surface area contributed by atoms with Crippen molar-refractivity contribution in [2.75, 3.05) is 0 Å². The van der Waals surface area contributed by atoms with Crippen molar-refractivity contribution in [3.05, 3.63) is 101 Å². The van der Waals surface area contributed by atoms with Crippen molar-refractivity contribution in [3.63, 3.8) is 0 Å². The molecule has 5 nitrogen and oxygen atoms in total. The molecule has 0 aromatic heterocycles. The molecule has 2 atom stereocenters. The average Bonchev–Trinajstić information content (AvgIpc) is 2.83. The number of hydrogen-bond acceptors (Lipinski definition) is 3. The molecule has 3 aromatic carbocycles. The van der Waals surface area contributed by atoms with Crippen LogP contribution < -0.4 is 10.0 Å². The second-order valence-electron chi connectivity index (χ2n) is 8.61. The van der Waals surface area contributed by atoms with Crippen LogP contribution >= 0.6 is 0 Å². The average molecular weight is 463 g/mol. The van der Waals surface area contributed by atoms with Crippen LogP contribution in [-0.2, 0) is 27.7 Å². The van der Waals surface area contributed by atoms with Gasteiger partial charge in [0.1, 0.15) is 0 Å². The number of carbonyl (C=O) groups excluding carboxylic acids is 1. The van der Waals surface area contributed by atoms with Crippen LogP contribution in [0.25, 0.3) is 0 Å². The minimum absolute atomic E-state index is 0.0201. The zero-order valence-corrected chi connectivity index (χ0v) is 19.6. The lowest BCUT2D eigenvalue weighted by Gasteiger charge is -2.26. The van der Waals surface area contributed by atoms with Gasteiger partial charge in [-0.15, -0.1) is 0 Å². The topological polar surface area (TPSA) is 75.3 Å². The van der Waals surface area contributed by atoms with Gasteiger partial charge in [-0.3, -0.25) is 4.79 Å². The monoisotopic (exact) mass is 462 g/mol. The Labute approximate surface area is 196 Å². The number of sulfonamides is 1. The van der Waals surface area contributed by atoms with E-state index in [1.165, 1.54) is 11.1 Å². The Morgan fingerprint density at radius 2 is 1.67 bits per heavy atom. The predicted molar refractivity (Wildman–Crippen MR) is 130 cm³/mol. The molecule has 0 spiro atoms. The number of aryl methyl sites for hydroxylation is 2. The zero-order valence-electron chi connectivity index (χ0n) is 18.8. The summed E-state index contributed by atoms with van der Waals surface area (Å²) in [5.74, 6) is 0.0201. The van der Waals surface area contributed by atoms with E-state index in [1.54, 1.807) is 24.3 Å². The third-order valence-corrected chi connectivity index (χ3v) is 7.77. The van der Waals surface area contributed by atoms with Gasteiger partial charge in [0.05, 0.1) is 10.9 Å². The van der Waals surface area contributed by atoms with Crippen molar-refractivity contribution in [1.29, 1.82) is 0 Å². The van der Waals surface area contributed by atoms with E-state index in [0.29, 0.717) is 12.8 Å². The fourth-order valence-corrected chi connectivity index (χ4v) is 5.61. The highest BCUT2D eigenvalue weighted by Crippen LogP contribution is 2.29. The third-order valence-electron chi connectivity index (χ3n) is 6.21. The Balaban J connectivity index is 1.32. The van der Waals surface area contributed by atoms with Crippen molar-refractivity contribution in [2.24, 2.45) is 0 Å². The van der Waals surface area contributed by atoms with Crippen LogP contribution in [0.4, 0.5) is 0 Å². The Hall–Kier alpha value is -2.96. The molecule has 0 aliphatic heterocycles. The number of hydrogen-bond donors (Lipinski definition) is 2. The number of benzene rings is 3. The van der Waals surface area contributed by atoms with Gasteiger partial charge in [0, 0.05) is 12.5 Å². The van der Waals surface area contributed by atoms with Gasteiger partial charge in [0.15, 0.2) is 0 Å². The van der Waals surface area contributed by atoms with Crippen LogP contribution in [0.15, 0.2) is 83.8 Å². The first-order valence-corrected chi connectivity index (χ1v) is 12.9. The molecule has 0 radical (unpaired) electrons. The summed E-state index contributed by atoms with van der Waals surface area (Å²) in [7, 11) is -3.63. The van der Waals surface area contributed by atoms with Crippen LogP contribution in [0.5, 0.6) is 0 Å². The molecular weight excluding hydrogens is 432 g/mol. The number of nitrogens with one attached hydrogen (secondary N) is 2. The minimum Gasteiger partial charge on any atom is -0.349 e. The Bertz CT molecular complexity index is 1190. The molecule has 1 amide bonds. The van der Waals surface area contributed by atoms with E-state index in [1.807, 2.05) is 49.4 Å². The second-order valence-corrected chi connectivity index (χ2v) is 10.3. The van der Waals surface area contributed by atoms with E-state index in [0.717, 1.165) is 30.4 Å². The van der Waals surface area contributed by atoms with E-state index in [9.17, 15) is 13.2 Å². The summed E-state index contributed by atoms with van der Waals surface area (Å²) in [4.78, 5) is 12.8. The van der Waals surface area contributed by atoms with Crippen LogP contribution in [0.2, 0.25) is 0 Å². The fraction of sp³-hybridized carbons (Fsp3) is 0.296. The summed E-state index contributed by atoms with van der Waals surface area (Å²) >= 11 is 0. The zero-order chi connectivity index (χ0) is 23.3. The molecule has 0 unspecified atom stereocenters. The molecule has 0 saturated carbocycles. The lowest BCUT2D eigenvalue weighted by Crippen LogP contribution is -2.31. The van der Waals surface area contributed by atoms with E-state index < -0.39 is 10.0 Å². The third kappa shape index (κ3) is 5.89. The highest BCUT2D eigenvalue weighted by molar-refractivity contribution is 7.89. The predicted octanol–water partition coefficient (Wildman–Crippen LogP) is 4.85. The first kappa shape index (κ1) is 23.2. The molecule has 6 heteroatoms. The Morgan fingerprint density at radius 1 is 0.970 bits per heavy atom. The smallest absolute Gasteiger partial charge is 0.241 e. The fourth-order valence-electron chi connectivity index (χ4n) is 4.37. The van der Waals surface area contributed by atoms with E-state index in [4.69, 9.17) is 0 Å². The second kappa shape index (κ2) is 10.3. The van der Waals surface area contributed by atoms with Crippen molar-refractivity contribution in [3.8, 4) is 0 Å². The van der Waals surface area contributed by atoms with Gasteiger partial charge in [0.25, 0.3) is 0 Å². The molecule has 33 heavy (non-hydrogen) atoms. The lowest BCUT2D eigenvalue weighted by atomic mass is 9.87. The highest BCUT2D eigenvalue weighted by atomic mass is 32.2. The van der Waals surface area contributed by atoms with Crippen molar-refractivity contribution in [2.45, 2.75) is 56.0 Å². The molecular formula is C27H30N2O3S. The first-order valence-electron chi connectivity index (χ1n) is 11.5. The van der Waals surface area contributed by atoms with Crippen LogP contribution in [0, 0.1) is 0 Å². The number of rotatable bonds is 8. The van der Waals surface area contributed by atoms with Crippen LogP contribution in [0.3, 0.4) is 0 Å². The summed E-state index contributed by atoms with van der Waals surface area (Å²) in [6.45, 7) is 1.82. The van der Waals surface area contributed by atoms with Gasteiger partial charge in [-0.1, -0.05) is 66.7 Å². The normalized spacial score (nSPS) is 16.6. The SMILES string of the molecule is C[C@H](NS(=O)(=O)c1ccc(CCC(=O)N[C@H]2CCCc3ccccc32)cc1)c1ccccc1. The number of carbonyl (C=O) groups is 1. The quantitative estimate of drug-likeness (QED) is 0.502. The molecule has 172 valence electrons. The number of fused-ring (bicyclic) bond motifs is 1. The maximum atomic E-state index is 12.7. The molecule has 3 aromatic rings. The Kier molecular flexibility index (Phi) is 7.26. The summed E-state index contributed by atoms with van der Waals surface area (Å²) in [5, 5.41) is 3.17. The molecule has 0 saturated heterocycles. The number of amides is 1. The summed E-state index contributed by atoms with van der Waals surface area (Å²) in [6, 6.07) is 24.3. The van der Waals surface area contributed by atoms with Gasteiger partial charge in [-0.25, -0.2) is 13.1 Å². The molecule has 0 heterocycles. The summed E-state index contributed by atoms with van der Waals surface area (Å²) in [6.07, 6.45) is 4.04. The van der Waals surface area contributed by atoms with Gasteiger partial charge < -0.3 is 5.32 Å². The summed E-state index contributed by atoms with van der Waals surface area (Å²) in [5.41, 5.74) is 4.39. The molecule has 0 fully saturated rings. The van der Waals surface area contributed by atoms with Crippen LogP contribution in [0.1, 0.15) is 60.5 Å². The Morgan fingerprint density at radius 3 is 2.42 bits per heavy atom. The standard InChI is InChI=1S/C27H30N2O3S/c1-20(22-8-3-2-4-9-22)29-33(31,32)24-17-14-21(15-18-24)16-19-27(30)28-26-13-7-11-23-10-5-6-12-25(23)26/h2-6,8-10,12,14-15,17-18,20,26,29H,7,11,13,16,19H2,1H3,(H,28,30)/t20-,26-/m0/s1. The van der Waals surface area contributed by atoms with Crippen LogP contribution in [-0.4, -0.2) is 14.3 Å². The summed E-state index contributed by atoms with van der Waals surface area (Å²) < 4.78 is 28.2. The molecule has 4 rings (SSSR count).